The molecule has 1 heterocycles. The first-order chi connectivity index (χ1) is 9.31. The molecule has 0 aliphatic heterocycles. The maximum absolute atomic E-state index is 11.6. The molecule has 0 aliphatic rings. The first kappa shape index (κ1) is 12.9. The number of hydrogen-bond acceptors (Lipinski definition) is 4. The van der Waals surface area contributed by atoms with Crippen LogP contribution in [0, 0.1) is 0 Å². The zero-order valence-corrected chi connectivity index (χ0v) is 10.5. The lowest BCUT2D eigenvalue weighted by atomic mass is 10.2. The van der Waals surface area contributed by atoms with E-state index in [9.17, 15) is 4.79 Å². The summed E-state index contributed by atoms with van der Waals surface area (Å²) >= 11 is 0. The van der Waals surface area contributed by atoms with Crippen LogP contribution in [0.15, 0.2) is 52.2 Å². The summed E-state index contributed by atoms with van der Waals surface area (Å²) in [6.45, 7) is 2.48. The van der Waals surface area contributed by atoms with Crippen LogP contribution in [0.3, 0.4) is 0 Å². The van der Waals surface area contributed by atoms with Gasteiger partial charge in [0.1, 0.15) is 5.75 Å². The summed E-state index contributed by atoms with van der Waals surface area (Å²) in [7, 11) is 0. The van der Waals surface area contributed by atoms with Crippen molar-refractivity contribution in [3.8, 4) is 5.75 Å². The molecule has 0 bridgehead atoms. The van der Waals surface area contributed by atoms with E-state index >= 15 is 0 Å². The van der Waals surface area contributed by atoms with E-state index in [1.807, 2.05) is 31.2 Å². The summed E-state index contributed by atoms with van der Waals surface area (Å²) in [6.07, 6.45) is 2.97. The molecule has 0 saturated carbocycles. The molecule has 1 N–H and O–H groups in total. The van der Waals surface area contributed by atoms with E-state index in [1.54, 1.807) is 12.1 Å². The summed E-state index contributed by atoms with van der Waals surface area (Å²) in [4.78, 5) is 11.6. The normalized spacial score (nSPS) is 10.6. The van der Waals surface area contributed by atoms with Crippen molar-refractivity contribution >= 4 is 12.1 Å². The molecule has 5 heteroatoms. The van der Waals surface area contributed by atoms with Gasteiger partial charge in [-0.3, -0.25) is 4.79 Å². The van der Waals surface area contributed by atoms with Crippen molar-refractivity contribution in [1.29, 1.82) is 0 Å². The van der Waals surface area contributed by atoms with Crippen molar-refractivity contribution in [1.82, 2.24) is 5.43 Å². The molecule has 1 aromatic heterocycles. The van der Waals surface area contributed by atoms with Gasteiger partial charge in [0.25, 0.3) is 0 Å². The fourth-order valence-electron chi connectivity index (χ4n) is 1.50. The van der Waals surface area contributed by atoms with Crippen molar-refractivity contribution in [2.24, 2.45) is 5.10 Å². The van der Waals surface area contributed by atoms with Gasteiger partial charge in [0.05, 0.1) is 19.1 Å². The smallest absolute Gasteiger partial charge is 0.307 e. The number of ether oxygens (including phenoxy) is 1. The van der Waals surface area contributed by atoms with Crippen LogP contribution in [-0.4, -0.2) is 18.7 Å². The van der Waals surface area contributed by atoms with Crippen molar-refractivity contribution in [3.05, 3.63) is 54.0 Å². The highest BCUT2D eigenvalue weighted by atomic mass is 16.5. The van der Waals surface area contributed by atoms with E-state index in [4.69, 9.17) is 9.15 Å². The van der Waals surface area contributed by atoms with Crippen molar-refractivity contribution in [3.63, 3.8) is 0 Å². The van der Waals surface area contributed by atoms with Gasteiger partial charge in [-0.1, -0.05) is 12.1 Å². The second-order valence-corrected chi connectivity index (χ2v) is 3.65. The Kier molecular flexibility index (Phi) is 4.34. The number of carbonyl (C=O) groups excluding carboxylic acids is 1. The molecule has 0 unspecified atom stereocenters. The van der Waals surface area contributed by atoms with Gasteiger partial charge in [0.15, 0.2) is 5.76 Å². The number of benzene rings is 1. The third-order valence-corrected chi connectivity index (χ3v) is 2.33. The summed E-state index contributed by atoms with van der Waals surface area (Å²) < 4.78 is 10.4. The third kappa shape index (κ3) is 3.45. The zero-order valence-electron chi connectivity index (χ0n) is 10.5. The number of carbonyl (C=O) groups is 1. The van der Waals surface area contributed by atoms with Crippen LogP contribution in [-0.2, 0) is 0 Å². The first-order valence-electron chi connectivity index (χ1n) is 5.90. The van der Waals surface area contributed by atoms with Crippen LogP contribution in [0.5, 0.6) is 5.75 Å². The highest BCUT2D eigenvalue weighted by Gasteiger charge is 2.06. The highest BCUT2D eigenvalue weighted by Crippen LogP contribution is 2.15. The molecule has 2 aromatic rings. The molecule has 0 spiro atoms. The molecule has 1 amide bonds. The lowest BCUT2D eigenvalue weighted by Crippen LogP contribution is -2.16. The van der Waals surface area contributed by atoms with Crippen molar-refractivity contribution in [2.45, 2.75) is 6.92 Å². The molecule has 1 aromatic carbocycles. The fourth-order valence-corrected chi connectivity index (χ4v) is 1.50. The van der Waals surface area contributed by atoms with E-state index in [-0.39, 0.29) is 5.76 Å². The van der Waals surface area contributed by atoms with Crippen LogP contribution < -0.4 is 10.2 Å². The fraction of sp³-hybridized carbons (Fsp3) is 0.143. The van der Waals surface area contributed by atoms with Crippen molar-refractivity contribution < 1.29 is 13.9 Å². The van der Waals surface area contributed by atoms with Gasteiger partial charge in [-0.05, 0) is 31.2 Å². The molecule has 0 fully saturated rings. The minimum absolute atomic E-state index is 0.218. The van der Waals surface area contributed by atoms with E-state index in [1.165, 1.54) is 12.5 Å². The Morgan fingerprint density at radius 3 is 2.95 bits per heavy atom. The molecular weight excluding hydrogens is 244 g/mol. The number of rotatable bonds is 5. The third-order valence-electron chi connectivity index (χ3n) is 2.33. The first-order valence-corrected chi connectivity index (χ1v) is 5.90. The van der Waals surface area contributed by atoms with Gasteiger partial charge in [-0.25, -0.2) is 5.43 Å². The Balaban J connectivity index is 2.01. The second-order valence-electron chi connectivity index (χ2n) is 3.65. The van der Waals surface area contributed by atoms with Gasteiger partial charge in [-0.15, -0.1) is 0 Å². The molecule has 19 heavy (non-hydrogen) atoms. The predicted octanol–water partition coefficient (Wildman–Crippen LogP) is 2.44. The number of para-hydroxylation sites is 1. The van der Waals surface area contributed by atoms with Crippen LogP contribution in [0.25, 0.3) is 0 Å². The molecule has 2 rings (SSSR count). The number of nitrogens with one attached hydrogen (secondary N) is 1. The SMILES string of the molecule is CCOc1ccccc1/C=N\NC(=O)c1ccco1. The molecule has 0 radical (unpaired) electrons. The average molecular weight is 258 g/mol. The van der Waals surface area contributed by atoms with Gasteiger partial charge in [-0.2, -0.15) is 5.10 Å². The van der Waals surface area contributed by atoms with Crippen LogP contribution in [0.2, 0.25) is 0 Å². The van der Waals surface area contributed by atoms with E-state index in [2.05, 4.69) is 10.5 Å². The molecule has 0 atom stereocenters. The van der Waals surface area contributed by atoms with Gasteiger partial charge < -0.3 is 9.15 Å². The van der Waals surface area contributed by atoms with E-state index < -0.39 is 5.91 Å². The Bertz CT molecular complexity index is 562. The highest BCUT2D eigenvalue weighted by molar-refractivity contribution is 5.92. The van der Waals surface area contributed by atoms with Crippen LogP contribution in [0.1, 0.15) is 23.0 Å². The molecule has 5 nitrogen and oxygen atoms in total. The number of furan rings is 1. The second kappa shape index (κ2) is 6.39. The number of amides is 1. The Hall–Kier alpha value is -2.56. The average Bonchev–Trinajstić information content (AvgIpc) is 2.95. The maximum atomic E-state index is 11.6. The van der Waals surface area contributed by atoms with Gasteiger partial charge in [0.2, 0.25) is 0 Å². The Morgan fingerprint density at radius 2 is 2.21 bits per heavy atom. The molecular formula is C14H14N2O3. The summed E-state index contributed by atoms with van der Waals surface area (Å²) in [5.74, 6) is 0.548. The Labute approximate surface area is 110 Å². The standard InChI is InChI=1S/C14H14N2O3/c1-2-18-12-7-4-3-6-11(12)10-15-16-14(17)13-8-5-9-19-13/h3-10H,2H2,1H3,(H,16,17)/b15-10-. The lowest BCUT2D eigenvalue weighted by Gasteiger charge is -2.05. The lowest BCUT2D eigenvalue weighted by molar-refractivity contribution is 0.0927. The monoisotopic (exact) mass is 258 g/mol. The topological polar surface area (TPSA) is 63.8 Å². The summed E-state index contributed by atoms with van der Waals surface area (Å²) in [6, 6.07) is 10.7. The quantitative estimate of drug-likeness (QED) is 0.661. The van der Waals surface area contributed by atoms with Crippen LogP contribution in [0.4, 0.5) is 0 Å². The predicted molar refractivity (Wildman–Crippen MR) is 71.4 cm³/mol. The van der Waals surface area contributed by atoms with E-state index in [0.29, 0.717) is 6.61 Å². The largest absolute Gasteiger partial charge is 0.493 e. The minimum Gasteiger partial charge on any atom is -0.493 e. The summed E-state index contributed by atoms with van der Waals surface area (Å²) in [5, 5.41) is 3.88. The zero-order chi connectivity index (χ0) is 13.5. The number of nitrogens with zero attached hydrogens (tertiary/aromatic N) is 1. The maximum Gasteiger partial charge on any atom is 0.307 e. The molecule has 0 aliphatic carbocycles. The summed E-state index contributed by atoms with van der Waals surface area (Å²) in [5.41, 5.74) is 3.18. The number of hydrogen-bond donors (Lipinski definition) is 1. The van der Waals surface area contributed by atoms with Crippen LogP contribution >= 0.6 is 0 Å². The van der Waals surface area contributed by atoms with Gasteiger partial charge in [0, 0.05) is 5.56 Å². The Morgan fingerprint density at radius 1 is 1.37 bits per heavy atom. The van der Waals surface area contributed by atoms with E-state index in [0.717, 1.165) is 11.3 Å². The van der Waals surface area contributed by atoms with Crippen molar-refractivity contribution in [2.75, 3.05) is 6.61 Å². The molecule has 0 saturated heterocycles. The number of hydrazone groups is 1. The minimum atomic E-state index is -0.393. The molecule has 98 valence electrons. The van der Waals surface area contributed by atoms with Gasteiger partial charge >= 0.3 is 5.91 Å².